The van der Waals surface area contributed by atoms with Crippen molar-refractivity contribution in [2.24, 2.45) is 0 Å². The van der Waals surface area contributed by atoms with Gasteiger partial charge in [0.15, 0.2) is 6.10 Å². The number of likely N-dealkylation sites (N-methyl/N-ethyl adjacent to an activating group) is 1. The van der Waals surface area contributed by atoms with E-state index >= 15 is 0 Å². The van der Waals surface area contributed by atoms with Gasteiger partial charge < -0.3 is 28.6 Å². The van der Waals surface area contributed by atoms with Crippen LogP contribution in [0.1, 0.15) is 206 Å². The molecule has 0 aromatic heterocycles. The Morgan fingerprint density at radius 1 is 0.547 bits per heavy atom. The summed E-state index contributed by atoms with van der Waals surface area (Å²) in [4.78, 5) is 36.8. The molecule has 0 aromatic rings. The van der Waals surface area contributed by atoms with Gasteiger partial charge in [0.1, 0.15) is 12.6 Å². The first-order valence-corrected chi connectivity index (χ1v) is 22.2. The average Bonchev–Trinajstić information content (AvgIpc) is 3.11. The Bertz CT molecular complexity index is 885. The molecule has 0 aromatic carbocycles. The highest BCUT2D eigenvalue weighted by molar-refractivity contribution is 5.70. The van der Waals surface area contributed by atoms with Crippen LogP contribution in [0.5, 0.6) is 0 Å². The van der Waals surface area contributed by atoms with Gasteiger partial charge in [-0.1, -0.05) is 161 Å². The average molecular weight is 752 g/mol. The van der Waals surface area contributed by atoms with Crippen LogP contribution in [0.4, 0.5) is 0 Å². The number of rotatable bonds is 40. The van der Waals surface area contributed by atoms with Gasteiger partial charge in [-0.05, 0) is 38.5 Å². The first-order valence-electron chi connectivity index (χ1n) is 22.2. The number of carbonyl (C=O) groups excluding carboxylic acids is 3. The highest BCUT2D eigenvalue weighted by Crippen LogP contribution is 2.15. The Morgan fingerprint density at radius 2 is 0.943 bits per heavy atom. The number of aliphatic carboxylic acids is 1. The summed E-state index contributed by atoms with van der Waals surface area (Å²) >= 11 is 0. The minimum absolute atomic E-state index is 0.0453. The topological polar surface area (TPSA) is 102 Å². The summed E-state index contributed by atoms with van der Waals surface area (Å²) in [6.07, 6.45) is 38.0. The lowest BCUT2D eigenvalue weighted by Gasteiger charge is -2.34. The van der Waals surface area contributed by atoms with Gasteiger partial charge in [-0.3, -0.25) is 9.59 Å². The van der Waals surface area contributed by atoms with Crippen molar-refractivity contribution in [3.05, 3.63) is 12.2 Å². The SMILES string of the molecule is CCCCCCCC/C=C\CCCCCCCCCCCC(=O)OC(COCCC(C(=O)[O-])[N+](C)(C)C)COC(=O)CCCCCCCCCCCC. The van der Waals surface area contributed by atoms with Crippen LogP contribution >= 0.6 is 0 Å². The Labute approximate surface area is 327 Å². The smallest absolute Gasteiger partial charge is 0.306 e. The van der Waals surface area contributed by atoms with Crippen molar-refractivity contribution in [1.29, 1.82) is 0 Å². The Balaban J connectivity index is 4.26. The van der Waals surface area contributed by atoms with Crippen LogP contribution < -0.4 is 5.11 Å². The molecular formula is C45H85NO7. The van der Waals surface area contributed by atoms with Gasteiger partial charge in [-0.25, -0.2) is 0 Å². The molecule has 0 aliphatic heterocycles. The number of hydrogen-bond acceptors (Lipinski definition) is 7. The van der Waals surface area contributed by atoms with Crippen molar-refractivity contribution in [3.63, 3.8) is 0 Å². The van der Waals surface area contributed by atoms with E-state index in [0.717, 1.165) is 38.5 Å². The molecule has 8 heteroatoms. The zero-order chi connectivity index (χ0) is 39.3. The number of carbonyl (C=O) groups is 3. The fraction of sp³-hybridized carbons (Fsp3) is 0.889. The number of carboxylic acids is 1. The molecular weight excluding hydrogens is 666 g/mol. The second kappa shape index (κ2) is 37.0. The van der Waals surface area contributed by atoms with Crippen LogP contribution in [-0.2, 0) is 28.6 Å². The number of nitrogens with zero attached hydrogens (tertiary/aromatic N) is 1. The second-order valence-electron chi connectivity index (χ2n) is 16.3. The minimum atomic E-state index is -1.12. The predicted octanol–water partition coefficient (Wildman–Crippen LogP) is 10.6. The maximum absolute atomic E-state index is 12.7. The molecule has 0 rings (SSSR count). The second-order valence-corrected chi connectivity index (χ2v) is 16.3. The summed E-state index contributed by atoms with van der Waals surface area (Å²) in [5.74, 6) is -1.73. The van der Waals surface area contributed by atoms with Gasteiger partial charge in [0, 0.05) is 19.3 Å². The van der Waals surface area contributed by atoms with E-state index in [4.69, 9.17) is 14.2 Å². The third-order valence-corrected chi connectivity index (χ3v) is 10.2. The molecule has 0 saturated carbocycles. The number of ether oxygens (including phenoxy) is 3. The molecule has 0 radical (unpaired) electrons. The van der Waals surface area contributed by atoms with E-state index in [1.54, 1.807) is 21.1 Å². The molecule has 53 heavy (non-hydrogen) atoms. The first-order chi connectivity index (χ1) is 25.6. The van der Waals surface area contributed by atoms with Crippen LogP contribution in [0.2, 0.25) is 0 Å². The van der Waals surface area contributed by atoms with Gasteiger partial charge in [-0.2, -0.15) is 0 Å². The monoisotopic (exact) mass is 752 g/mol. The van der Waals surface area contributed by atoms with Gasteiger partial charge in [0.25, 0.3) is 0 Å². The first kappa shape index (κ1) is 51.1. The van der Waals surface area contributed by atoms with E-state index in [1.165, 1.54) is 135 Å². The van der Waals surface area contributed by atoms with Crippen molar-refractivity contribution in [2.45, 2.75) is 219 Å². The quantitative estimate of drug-likeness (QED) is 0.0266. The van der Waals surface area contributed by atoms with Crippen molar-refractivity contribution in [3.8, 4) is 0 Å². The molecule has 2 atom stereocenters. The molecule has 0 N–H and O–H groups in total. The summed E-state index contributed by atoms with van der Waals surface area (Å²) in [5, 5.41) is 11.6. The molecule has 0 aliphatic carbocycles. The number of allylic oxidation sites excluding steroid dienone is 2. The number of esters is 2. The Morgan fingerprint density at radius 3 is 1.36 bits per heavy atom. The standard InChI is InChI=1S/C45H85NO7/c1-6-8-10-12-14-16-18-19-20-21-22-23-24-25-26-28-30-32-34-36-44(48)53-41(39-51-38-37-42(45(49)50)46(3,4)5)40-52-43(47)35-33-31-29-27-17-15-13-11-9-7-2/h19-20,41-42H,6-18,21-40H2,1-5H3/b20-19-. The van der Waals surface area contributed by atoms with E-state index in [-0.39, 0.29) is 42.7 Å². The van der Waals surface area contributed by atoms with E-state index in [9.17, 15) is 19.5 Å². The van der Waals surface area contributed by atoms with Crippen molar-refractivity contribution in [1.82, 2.24) is 0 Å². The van der Waals surface area contributed by atoms with E-state index < -0.39 is 18.1 Å². The van der Waals surface area contributed by atoms with Gasteiger partial charge >= 0.3 is 11.9 Å². The molecule has 8 nitrogen and oxygen atoms in total. The zero-order valence-electron chi connectivity index (χ0n) is 35.4. The van der Waals surface area contributed by atoms with Crippen LogP contribution in [-0.4, -0.2) is 75.5 Å². The van der Waals surface area contributed by atoms with Crippen molar-refractivity contribution in [2.75, 3.05) is 41.0 Å². The third kappa shape index (κ3) is 35.5. The van der Waals surface area contributed by atoms with Gasteiger partial charge in [0.05, 0.1) is 40.3 Å². The molecule has 0 saturated heterocycles. The van der Waals surface area contributed by atoms with Gasteiger partial charge in [-0.15, -0.1) is 0 Å². The Hall–Kier alpha value is -1.93. The summed E-state index contributed by atoms with van der Waals surface area (Å²) < 4.78 is 17.1. The molecule has 0 amide bonds. The molecule has 0 heterocycles. The van der Waals surface area contributed by atoms with Gasteiger partial charge in [0.2, 0.25) is 0 Å². The maximum Gasteiger partial charge on any atom is 0.306 e. The molecule has 2 unspecified atom stereocenters. The van der Waals surface area contributed by atoms with Crippen LogP contribution in [0.15, 0.2) is 12.2 Å². The predicted molar refractivity (Wildman–Crippen MR) is 217 cm³/mol. The number of unbranched alkanes of at least 4 members (excludes halogenated alkanes) is 24. The molecule has 0 aliphatic rings. The van der Waals surface area contributed by atoms with Crippen LogP contribution in [0.3, 0.4) is 0 Å². The molecule has 0 spiro atoms. The Kier molecular flexibility index (Phi) is 35.7. The normalized spacial score (nSPS) is 13.0. The maximum atomic E-state index is 12.7. The van der Waals surface area contributed by atoms with Crippen molar-refractivity contribution < 1.29 is 38.2 Å². The molecule has 312 valence electrons. The van der Waals surface area contributed by atoms with E-state index in [0.29, 0.717) is 12.8 Å². The minimum Gasteiger partial charge on any atom is -0.544 e. The van der Waals surface area contributed by atoms with Crippen LogP contribution in [0.25, 0.3) is 0 Å². The fourth-order valence-corrected chi connectivity index (χ4v) is 6.65. The summed E-state index contributed by atoms with van der Waals surface area (Å²) in [6.45, 7) is 4.66. The lowest BCUT2D eigenvalue weighted by Crippen LogP contribution is -2.55. The highest BCUT2D eigenvalue weighted by Gasteiger charge is 2.25. The lowest BCUT2D eigenvalue weighted by molar-refractivity contribution is -0.889. The highest BCUT2D eigenvalue weighted by atomic mass is 16.6. The molecule has 0 bridgehead atoms. The number of hydrogen-bond donors (Lipinski definition) is 0. The van der Waals surface area contributed by atoms with E-state index in [1.807, 2.05) is 0 Å². The number of carboxylic acid groups (broad SMARTS) is 1. The van der Waals surface area contributed by atoms with Crippen LogP contribution in [0, 0.1) is 0 Å². The third-order valence-electron chi connectivity index (χ3n) is 10.2. The fourth-order valence-electron chi connectivity index (χ4n) is 6.65. The zero-order valence-corrected chi connectivity index (χ0v) is 35.4. The summed E-state index contributed by atoms with van der Waals surface area (Å²) in [6, 6.07) is -0.721. The molecule has 0 fully saturated rings. The summed E-state index contributed by atoms with van der Waals surface area (Å²) in [5.41, 5.74) is 0. The summed E-state index contributed by atoms with van der Waals surface area (Å²) in [7, 11) is 5.41. The largest absolute Gasteiger partial charge is 0.544 e. The van der Waals surface area contributed by atoms with E-state index in [2.05, 4.69) is 26.0 Å². The lowest BCUT2D eigenvalue weighted by atomic mass is 10.1. The van der Waals surface area contributed by atoms with Crippen molar-refractivity contribution >= 4 is 17.9 Å². The number of quaternary nitrogens is 1.